The Morgan fingerprint density at radius 3 is 2.33 bits per heavy atom. The van der Waals surface area contributed by atoms with Gasteiger partial charge in [-0.1, -0.05) is 12.1 Å². The highest BCUT2D eigenvalue weighted by Crippen LogP contribution is 2.40. The molecule has 3 heteroatoms. The van der Waals surface area contributed by atoms with E-state index in [9.17, 15) is 4.39 Å². The lowest BCUT2D eigenvalue weighted by molar-refractivity contribution is 0.415. The van der Waals surface area contributed by atoms with E-state index < -0.39 is 0 Å². The predicted octanol–water partition coefficient (Wildman–Crippen LogP) is 3.40. The quantitative estimate of drug-likeness (QED) is 0.766. The summed E-state index contributed by atoms with van der Waals surface area (Å²) in [6.45, 7) is 0.984. The first kappa shape index (κ1) is 11.1. The molecule has 1 saturated heterocycles. The van der Waals surface area contributed by atoms with Crippen LogP contribution in [0.15, 0.2) is 48.5 Å². The molecule has 0 bridgehead atoms. The van der Waals surface area contributed by atoms with Crippen LogP contribution in [0.1, 0.15) is 11.6 Å². The summed E-state index contributed by atoms with van der Waals surface area (Å²) in [5, 5.41) is 0. The molecule has 92 valence electrons. The van der Waals surface area contributed by atoms with Crippen molar-refractivity contribution in [1.29, 1.82) is 0 Å². The third-order valence-electron chi connectivity index (χ3n) is 3.27. The van der Waals surface area contributed by atoms with Crippen molar-refractivity contribution in [1.82, 2.24) is 0 Å². The second-order valence-corrected chi connectivity index (χ2v) is 4.42. The summed E-state index contributed by atoms with van der Waals surface area (Å²) in [7, 11) is 1.66. The fourth-order valence-electron chi connectivity index (χ4n) is 2.17. The van der Waals surface area contributed by atoms with Gasteiger partial charge in [-0.3, -0.25) is 0 Å². The third kappa shape index (κ3) is 2.04. The number of halogens is 1. The summed E-state index contributed by atoms with van der Waals surface area (Å²) in [4.78, 5) is 2.27. The molecule has 0 aliphatic carbocycles. The van der Waals surface area contributed by atoms with Crippen LogP contribution < -0.4 is 9.64 Å². The van der Waals surface area contributed by atoms with Gasteiger partial charge >= 0.3 is 0 Å². The van der Waals surface area contributed by atoms with E-state index in [0.29, 0.717) is 6.04 Å². The summed E-state index contributed by atoms with van der Waals surface area (Å²) < 4.78 is 18.0. The molecule has 0 unspecified atom stereocenters. The zero-order valence-electron chi connectivity index (χ0n) is 10.1. The van der Waals surface area contributed by atoms with Crippen LogP contribution in [0.25, 0.3) is 0 Å². The lowest BCUT2D eigenvalue weighted by Crippen LogP contribution is -1.94. The van der Waals surface area contributed by atoms with Gasteiger partial charge in [-0.05, 0) is 42.0 Å². The fraction of sp³-hybridized carbons (Fsp3) is 0.200. The molecule has 1 aliphatic heterocycles. The molecule has 0 radical (unpaired) electrons. The van der Waals surface area contributed by atoms with Gasteiger partial charge in [-0.15, -0.1) is 0 Å². The van der Waals surface area contributed by atoms with Crippen LogP contribution >= 0.6 is 0 Å². The number of anilines is 1. The van der Waals surface area contributed by atoms with Crippen LogP contribution in [0.5, 0.6) is 5.75 Å². The van der Waals surface area contributed by atoms with Gasteiger partial charge in [0, 0.05) is 12.2 Å². The Hall–Kier alpha value is -2.03. The minimum absolute atomic E-state index is 0.185. The maximum Gasteiger partial charge on any atom is 0.123 e. The Labute approximate surface area is 106 Å². The zero-order chi connectivity index (χ0) is 12.5. The Kier molecular flexibility index (Phi) is 2.67. The molecule has 0 aromatic heterocycles. The van der Waals surface area contributed by atoms with E-state index in [1.165, 1.54) is 17.8 Å². The van der Waals surface area contributed by atoms with Crippen molar-refractivity contribution >= 4 is 5.69 Å². The van der Waals surface area contributed by atoms with Crippen LogP contribution in [0.4, 0.5) is 10.1 Å². The summed E-state index contributed by atoms with van der Waals surface area (Å²) >= 11 is 0. The Morgan fingerprint density at radius 2 is 1.72 bits per heavy atom. The maximum atomic E-state index is 12.8. The maximum absolute atomic E-state index is 12.8. The molecule has 2 nitrogen and oxygen atoms in total. The van der Waals surface area contributed by atoms with E-state index in [1.807, 2.05) is 36.4 Å². The van der Waals surface area contributed by atoms with Gasteiger partial charge in [0.1, 0.15) is 11.6 Å². The highest BCUT2D eigenvalue weighted by molar-refractivity contribution is 5.57. The number of nitrogens with zero attached hydrogens (tertiary/aromatic N) is 1. The van der Waals surface area contributed by atoms with Crippen LogP contribution in [-0.2, 0) is 0 Å². The summed E-state index contributed by atoms with van der Waals surface area (Å²) in [5.41, 5.74) is 2.33. The molecule has 1 heterocycles. The largest absolute Gasteiger partial charge is 0.497 e. The number of methoxy groups -OCH3 is 1. The number of ether oxygens (including phenoxy) is 1. The first-order valence-electron chi connectivity index (χ1n) is 5.94. The van der Waals surface area contributed by atoms with E-state index in [-0.39, 0.29) is 5.82 Å². The molecule has 3 rings (SSSR count). The van der Waals surface area contributed by atoms with Crippen LogP contribution in [0, 0.1) is 5.82 Å². The molecule has 0 spiro atoms. The van der Waals surface area contributed by atoms with E-state index in [4.69, 9.17) is 4.74 Å². The van der Waals surface area contributed by atoms with Crippen molar-refractivity contribution in [2.75, 3.05) is 18.6 Å². The molecule has 1 aliphatic rings. The third-order valence-corrected chi connectivity index (χ3v) is 3.27. The molecule has 0 amide bonds. The second kappa shape index (κ2) is 4.33. The van der Waals surface area contributed by atoms with Crippen LogP contribution in [-0.4, -0.2) is 13.7 Å². The summed E-state index contributed by atoms with van der Waals surface area (Å²) in [6, 6.07) is 15.1. The summed E-state index contributed by atoms with van der Waals surface area (Å²) in [5.74, 6) is 0.675. The van der Waals surface area contributed by atoms with Crippen molar-refractivity contribution in [2.45, 2.75) is 6.04 Å². The molecule has 1 atom stereocenters. The van der Waals surface area contributed by atoms with Crippen molar-refractivity contribution in [3.63, 3.8) is 0 Å². The van der Waals surface area contributed by atoms with E-state index in [0.717, 1.165) is 17.9 Å². The van der Waals surface area contributed by atoms with E-state index in [1.54, 1.807) is 7.11 Å². The number of hydrogen-bond donors (Lipinski definition) is 0. The standard InChI is InChI=1S/C15H14FNO/c1-18-14-8-6-13(7-9-14)17-10-15(17)11-2-4-12(16)5-3-11/h2-9,15H,10H2,1H3/t15-,17?/m0/s1. The van der Waals surface area contributed by atoms with Crippen molar-refractivity contribution in [3.8, 4) is 5.75 Å². The topological polar surface area (TPSA) is 12.2 Å². The summed E-state index contributed by atoms with van der Waals surface area (Å²) in [6.07, 6.45) is 0. The van der Waals surface area contributed by atoms with Gasteiger partial charge in [-0.25, -0.2) is 4.39 Å². The van der Waals surface area contributed by atoms with Gasteiger partial charge in [-0.2, -0.15) is 0 Å². The molecular weight excluding hydrogens is 229 g/mol. The van der Waals surface area contributed by atoms with Crippen LogP contribution in [0.2, 0.25) is 0 Å². The number of rotatable bonds is 3. The zero-order valence-corrected chi connectivity index (χ0v) is 10.1. The molecule has 2 aromatic carbocycles. The monoisotopic (exact) mass is 243 g/mol. The average molecular weight is 243 g/mol. The van der Waals surface area contributed by atoms with Gasteiger partial charge in [0.05, 0.1) is 13.2 Å². The highest BCUT2D eigenvalue weighted by Gasteiger charge is 2.35. The Bertz CT molecular complexity index is 535. The number of hydrogen-bond acceptors (Lipinski definition) is 2. The SMILES string of the molecule is COc1ccc(N2C[C@H]2c2ccc(F)cc2)cc1. The minimum Gasteiger partial charge on any atom is -0.497 e. The minimum atomic E-state index is -0.185. The first-order chi connectivity index (χ1) is 8.78. The molecule has 18 heavy (non-hydrogen) atoms. The van der Waals surface area contributed by atoms with Gasteiger partial charge < -0.3 is 9.64 Å². The van der Waals surface area contributed by atoms with E-state index >= 15 is 0 Å². The normalized spacial score (nSPS) is 17.7. The predicted molar refractivity (Wildman–Crippen MR) is 69.5 cm³/mol. The highest BCUT2D eigenvalue weighted by atomic mass is 19.1. The lowest BCUT2D eigenvalue weighted by atomic mass is 10.1. The molecule has 2 aromatic rings. The van der Waals surface area contributed by atoms with Crippen molar-refractivity contribution in [3.05, 3.63) is 59.9 Å². The second-order valence-electron chi connectivity index (χ2n) is 4.42. The molecule has 0 N–H and O–H groups in total. The Morgan fingerprint density at radius 1 is 1.06 bits per heavy atom. The molecule has 0 saturated carbocycles. The van der Waals surface area contributed by atoms with Crippen molar-refractivity contribution in [2.24, 2.45) is 0 Å². The number of benzene rings is 2. The van der Waals surface area contributed by atoms with Gasteiger partial charge in [0.2, 0.25) is 0 Å². The first-order valence-corrected chi connectivity index (χ1v) is 5.94. The average Bonchev–Trinajstić information content (AvgIpc) is 3.20. The smallest absolute Gasteiger partial charge is 0.123 e. The van der Waals surface area contributed by atoms with E-state index in [2.05, 4.69) is 4.90 Å². The van der Waals surface area contributed by atoms with Gasteiger partial charge in [0.25, 0.3) is 0 Å². The Balaban J connectivity index is 1.74. The van der Waals surface area contributed by atoms with Gasteiger partial charge in [0.15, 0.2) is 0 Å². The molecule has 1 fully saturated rings. The fourth-order valence-corrected chi connectivity index (χ4v) is 2.17. The van der Waals surface area contributed by atoms with Crippen molar-refractivity contribution < 1.29 is 9.13 Å². The lowest BCUT2D eigenvalue weighted by Gasteiger charge is -2.07. The van der Waals surface area contributed by atoms with Crippen LogP contribution in [0.3, 0.4) is 0 Å². The molecular formula is C15H14FNO.